The normalized spacial score (nSPS) is 18.0. The van der Waals surface area contributed by atoms with E-state index in [4.69, 9.17) is 11.6 Å². The molecule has 1 atom stereocenters. The largest absolute Gasteiger partial charge is 0.295 e. The van der Waals surface area contributed by atoms with Crippen LogP contribution in [-0.4, -0.2) is 11.7 Å². The molecule has 3 rings (SSSR count). The fourth-order valence-corrected chi connectivity index (χ4v) is 4.15. The Balaban J connectivity index is 2.06. The summed E-state index contributed by atoms with van der Waals surface area (Å²) in [6.07, 6.45) is 0.883. The van der Waals surface area contributed by atoms with Crippen molar-refractivity contribution in [1.82, 2.24) is 0 Å². The zero-order valence-corrected chi connectivity index (χ0v) is 13.6. The fraction of sp³-hybridized carbons (Fsp3) is 0.235. The average molecular weight is 336 g/mol. The third-order valence-corrected chi connectivity index (χ3v) is 5.22. The number of benzene rings is 2. The molecule has 0 saturated carbocycles. The second-order valence-electron chi connectivity index (χ2n) is 5.09. The second kappa shape index (κ2) is 6.31. The molecule has 0 aromatic heterocycles. The van der Waals surface area contributed by atoms with Crippen molar-refractivity contribution in [2.24, 2.45) is 0 Å². The van der Waals surface area contributed by atoms with Gasteiger partial charge in [-0.05, 0) is 36.2 Å². The van der Waals surface area contributed by atoms with Crippen LogP contribution in [-0.2, 0) is 11.2 Å². The molecule has 1 saturated heterocycles. The lowest BCUT2D eigenvalue weighted by atomic mass is 10.1. The number of nitrogens with zero attached hydrogens (tertiary/aromatic N) is 1. The molecule has 2 nitrogen and oxygen atoms in total. The van der Waals surface area contributed by atoms with E-state index in [1.54, 1.807) is 17.0 Å². The molecule has 22 heavy (non-hydrogen) atoms. The third-order valence-electron chi connectivity index (χ3n) is 3.71. The van der Waals surface area contributed by atoms with E-state index in [2.05, 4.69) is 6.92 Å². The summed E-state index contributed by atoms with van der Waals surface area (Å²) >= 11 is 7.58. The van der Waals surface area contributed by atoms with Gasteiger partial charge in [0.1, 0.15) is 11.2 Å². The Kier molecular flexibility index (Phi) is 4.41. The molecule has 1 fully saturated rings. The van der Waals surface area contributed by atoms with E-state index in [0.717, 1.165) is 17.7 Å². The van der Waals surface area contributed by atoms with Crippen LogP contribution in [0.2, 0.25) is 5.02 Å². The van der Waals surface area contributed by atoms with E-state index >= 15 is 0 Å². The molecular weight excluding hydrogens is 321 g/mol. The molecule has 2 aromatic rings. The van der Waals surface area contributed by atoms with Crippen molar-refractivity contribution in [3.8, 4) is 0 Å². The van der Waals surface area contributed by atoms with Gasteiger partial charge in [-0.15, -0.1) is 11.8 Å². The quantitative estimate of drug-likeness (QED) is 0.801. The van der Waals surface area contributed by atoms with Crippen LogP contribution in [0.25, 0.3) is 0 Å². The maximum absolute atomic E-state index is 14.2. The van der Waals surface area contributed by atoms with Crippen molar-refractivity contribution in [3.05, 3.63) is 64.4 Å². The van der Waals surface area contributed by atoms with E-state index in [9.17, 15) is 9.18 Å². The summed E-state index contributed by atoms with van der Waals surface area (Å²) in [5.41, 5.74) is 2.31. The van der Waals surface area contributed by atoms with Gasteiger partial charge in [0.25, 0.3) is 0 Å². The molecule has 5 heteroatoms. The SMILES string of the molecule is CCc1cccc(N2C(=O)CSC2c2c(F)cccc2Cl)c1. The highest BCUT2D eigenvalue weighted by Gasteiger charge is 2.36. The number of amides is 1. The van der Waals surface area contributed by atoms with Crippen molar-refractivity contribution in [3.63, 3.8) is 0 Å². The minimum Gasteiger partial charge on any atom is -0.295 e. The van der Waals surface area contributed by atoms with Crippen LogP contribution in [0.15, 0.2) is 42.5 Å². The molecule has 1 heterocycles. The van der Waals surface area contributed by atoms with Gasteiger partial charge in [-0.3, -0.25) is 9.69 Å². The monoisotopic (exact) mass is 335 g/mol. The highest BCUT2D eigenvalue weighted by atomic mass is 35.5. The lowest BCUT2D eigenvalue weighted by molar-refractivity contribution is -0.115. The van der Waals surface area contributed by atoms with Crippen molar-refractivity contribution >= 4 is 35.0 Å². The first kappa shape index (κ1) is 15.4. The van der Waals surface area contributed by atoms with Gasteiger partial charge in [-0.1, -0.05) is 36.7 Å². The summed E-state index contributed by atoms with van der Waals surface area (Å²) < 4.78 is 14.2. The molecule has 114 valence electrons. The maximum Gasteiger partial charge on any atom is 0.238 e. The first-order chi connectivity index (χ1) is 10.6. The zero-order chi connectivity index (χ0) is 15.7. The Morgan fingerprint density at radius 2 is 2.09 bits per heavy atom. The highest BCUT2D eigenvalue weighted by molar-refractivity contribution is 8.00. The lowest BCUT2D eigenvalue weighted by Gasteiger charge is -2.25. The average Bonchev–Trinajstić information content (AvgIpc) is 2.89. The summed E-state index contributed by atoms with van der Waals surface area (Å²) in [5, 5.41) is -0.0721. The number of rotatable bonds is 3. The minimum absolute atomic E-state index is 0.0254. The van der Waals surface area contributed by atoms with Gasteiger partial charge < -0.3 is 0 Å². The van der Waals surface area contributed by atoms with E-state index in [1.807, 2.05) is 24.3 Å². The fourth-order valence-electron chi connectivity index (χ4n) is 2.59. The molecule has 1 aliphatic heterocycles. The van der Waals surface area contributed by atoms with Gasteiger partial charge in [0.05, 0.1) is 5.75 Å². The standard InChI is InChI=1S/C17H15ClFNOS/c1-2-11-5-3-6-12(9-11)20-15(21)10-22-17(20)16-13(18)7-4-8-14(16)19/h3-9,17H,2,10H2,1H3. The van der Waals surface area contributed by atoms with E-state index < -0.39 is 5.37 Å². The van der Waals surface area contributed by atoms with Gasteiger partial charge in [0.2, 0.25) is 5.91 Å². The van der Waals surface area contributed by atoms with E-state index in [-0.39, 0.29) is 11.7 Å². The predicted molar refractivity (Wildman–Crippen MR) is 89.9 cm³/mol. The lowest BCUT2D eigenvalue weighted by Crippen LogP contribution is -2.28. The van der Waals surface area contributed by atoms with Crippen LogP contribution in [0.4, 0.5) is 10.1 Å². The molecule has 0 N–H and O–H groups in total. The number of thioether (sulfide) groups is 1. The summed E-state index contributed by atoms with van der Waals surface area (Å²) in [4.78, 5) is 14.0. The van der Waals surface area contributed by atoms with Crippen molar-refractivity contribution in [2.75, 3.05) is 10.7 Å². The van der Waals surface area contributed by atoms with Crippen LogP contribution < -0.4 is 4.90 Å². The number of aryl methyl sites for hydroxylation is 1. The molecule has 1 aliphatic rings. The predicted octanol–water partition coefficient (Wildman–Crippen LogP) is 4.82. The maximum atomic E-state index is 14.2. The first-order valence-corrected chi connectivity index (χ1v) is 8.51. The molecule has 0 radical (unpaired) electrons. The summed E-state index contributed by atoms with van der Waals surface area (Å²) in [6.45, 7) is 2.06. The summed E-state index contributed by atoms with van der Waals surface area (Å²) in [5.74, 6) is -0.0787. The van der Waals surface area contributed by atoms with Crippen LogP contribution >= 0.6 is 23.4 Å². The number of anilines is 1. The number of carbonyl (C=O) groups is 1. The number of halogens is 2. The molecule has 0 bridgehead atoms. The Hall–Kier alpha value is -1.52. The van der Waals surface area contributed by atoms with E-state index in [1.165, 1.54) is 17.8 Å². The van der Waals surface area contributed by atoms with Gasteiger partial charge >= 0.3 is 0 Å². The Labute approximate surface area is 138 Å². The van der Waals surface area contributed by atoms with E-state index in [0.29, 0.717) is 16.3 Å². The van der Waals surface area contributed by atoms with Crippen LogP contribution in [0.3, 0.4) is 0 Å². The van der Waals surface area contributed by atoms with Crippen LogP contribution in [0.5, 0.6) is 0 Å². The molecule has 1 amide bonds. The van der Waals surface area contributed by atoms with Gasteiger partial charge in [0, 0.05) is 16.3 Å². The van der Waals surface area contributed by atoms with Crippen LogP contribution in [0, 0.1) is 5.82 Å². The van der Waals surface area contributed by atoms with Crippen molar-refractivity contribution in [2.45, 2.75) is 18.7 Å². The summed E-state index contributed by atoms with van der Waals surface area (Å²) in [6, 6.07) is 12.4. The number of carbonyl (C=O) groups excluding carboxylic acids is 1. The Bertz CT molecular complexity index is 701. The molecule has 2 aromatic carbocycles. The van der Waals surface area contributed by atoms with Crippen LogP contribution in [0.1, 0.15) is 23.4 Å². The van der Waals surface area contributed by atoms with Gasteiger partial charge in [-0.2, -0.15) is 0 Å². The molecule has 0 aliphatic carbocycles. The van der Waals surface area contributed by atoms with Gasteiger partial charge in [-0.25, -0.2) is 4.39 Å². The molecular formula is C17H15ClFNOS. The molecule has 0 spiro atoms. The highest BCUT2D eigenvalue weighted by Crippen LogP contribution is 2.45. The van der Waals surface area contributed by atoms with Crippen molar-refractivity contribution < 1.29 is 9.18 Å². The topological polar surface area (TPSA) is 20.3 Å². The Morgan fingerprint density at radius 3 is 2.82 bits per heavy atom. The number of hydrogen-bond acceptors (Lipinski definition) is 2. The third kappa shape index (κ3) is 2.73. The zero-order valence-electron chi connectivity index (χ0n) is 12.1. The summed E-state index contributed by atoms with van der Waals surface area (Å²) in [7, 11) is 0. The smallest absolute Gasteiger partial charge is 0.238 e. The first-order valence-electron chi connectivity index (χ1n) is 7.08. The van der Waals surface area contributed by atoms with Crippen molar-refractivity contribution in [1.29, 1.82) is 0 Å². The van der Waals surface area contributed by atoms with Gasteiger partial charge in [0.15, 0.2) is 0 Å². The minimum atomic E-state index is -0.423. The molecule has 1 unspecified atom stereocenters. The number of hydrogen-bond donors (Lipinski definition) is 0. The second-order valence-corrected chi connectivity index (χ2v) is 6.56. The Morgan fingerprint density at radius 1 is 1.32 bits per heavy atom.